The Morgan fingerprint density at radius 2 is 1.87 bits per heavy atom. The molecule has 4 nitrogen and oxygen atoms in total. The van der Waals surface area contributed by atoms with E-state index in [1.54, 1.807) is 9.80 Å². The normalized spacial score (nSPS) is 16.8. The van der Waals surface area contributed by atoms with E-state index in [9.17, 15) is 9.59 Å². The van der Waals surface area contributed by atoms with Crippen LogP contribution in [0.5, 0.6) is 0 Å². The number of piperazine rings is 1. The number of unbranched alkanes of at least 4 members (excludes halogenated alkanes) is 1. The average molecular weight is 208 g/mol. The first-order chi connectivity index (χ1) is 7.19. The van der Waals surface area contributed by atoms with Gasteiger partial charge in [0.15, 0.2) is 0 Å². The highest BCUT2D eigenvalue weighted by molar-refractivity contribution is 5.92. The molecule has 0 aromatic heterocycles. The van der Waals surface area contributed by atoms with Gasteiger partial charge in [-0.15, -0.1) is 12.3 Å². The van der Waals surface area contributed by atoms with Crippen LogP contribution in [-0.2, 0) is 9.59 Å². The van der Waals surface area contributed by atoms with Gasteiger partial charge in [0, 0.05) is 19.5 Å². The number of likely N-dealkylation sites (N-methyl/N-ethyl adjacent to an activating group) is 1. The van der Waals surface area contributed by atoms with E-state index >= 15 is 0 Å². The topological polar surface area (TPSA) is 40.6 Å². The molecule has 82 valence electrons. The van der Waals surface area contributed by atoms with E-state index in [2.05, 4.69) is 5.92 Å². The first-order valence-electron chi connectivity index (χ1n) is 5.18. The zero-order valence-corrected chi connectivity index (χ0v) is 9.03. The summed E-state index contributed by atoms with van der Waals surface area (Å²) in [6, 6.07) is 0. The lowest BCUT2D eigenvalue weighted by Crippen LogP contribution is -2.53. The van der Waals surface area contributed by atoms with Crippen LogP contribution in [0.15, 0.2) is 0 Å². The second-order valence-corrected chi connectivity index (χ2v) is 3.53. The molecule has 0 saturated carbocycles. The Morgan fingerprint density at radius 3 is 2.47 bits per heavy atom. The molecular formula is C11H16N2O2. The maximum absolute atomic E-state index is 11.6. The summed E-state index contributed by atoms with van der Waals surface area (Å²) in [5.41, 5.74) is 0. The molecule has 1 aliphatic heterocycles. The van der Waals surface area contributed by atoms with E-state index in [4.69, 9.17) is 6.42 Å². The van der Waals surface area contributed by atoms with Crippen molar-refractivity contribution >= 4 is 11.8 Å². The van der Waals surface area contributed by atoms with Gasteiger partial charge < -0.3 is 9.80 Å². The maximum atomic E-state index is 11.6. The maximum Gasteiger partial charge on any atom is 0.242 e. The van der Waals surface area contributed by atoms with E-state index in [1.807, 2.05) is 6.92 Å². The van der Waals surface area contributed by atoms with Gasteiger partial charge in [0.25, 0.3) is 0 Å². The zero-order valence-electron chi connectivity index (χ0n) is 9.03. The van der Waals surface area contributed by atoms with Gasteiger partial charge in [0.2, 0.25) is 11.8 Å². The van der Waals surface area contributed by atoms with E-state index in [0.717, 1.165) is 6.42 Å². The lowest BCUT2D eigenvalue weighted by atomic mass is 10.2. The van der Waals surface area contributed by atoms with Gasteiger partial charge >= 0.3 is 0 Å². The summed E-state index contributed by atoms with van der Waals surface area (Å²) in [7, 11) is 0. The molecule has 0 bridgehead atoms. The van der Waals surface area contributed by atoms with E-state index < -0.39 is 0 Å². The largest absolute Gasteiger partial charge is 0.332 e. The summed E-state index contributed by atoms with van der Waals surface area (Å²) >= 11 is 0. The van der Waals surface area contributed by atoms with Crippen LogP contribution in [0.25, 0.3) is 0 Å². The minimum atomic E-state index is 0.0217. The summed E-state index contributed by atoms with van der Waals surface area (Å²) in [5.74, 6) is 2.57. The number of terminal acetylenes is 1. The third-order valence-corrected chi connectivity index (χ3v) is 2.49. The third kappa shape index (κ3) is 2.98. The van der Waals surface area contributed by atoms with Crippen LogP contribution in [0, 0.1) is 12.3 Å². The van der Waals surface area contributed by atoms with Crippen LogP contribution in [0.4, 0.5) is 0 Å². The summed E-state index contributed by atoms with van der Waals surface area (Å²) in [4.78, 5) is 26.2. The number of rotatable bonds is 4. The highest BCUT2D eigenvalue weighted by Gasteiger charge is 2.27. The van der Waals surface area contributed by atoms with Gasteiger partial charge in [-0.25, -0.2) is 0 Å². The van der Waals surface area contributed by atoms with Crippen molar-refractivity contribution in [3.8, 4) is 12.3 Å². The summed E-state index contributed by atoms with van der Waals surface area (Å²) in [6.45, 7) is 3.48. The molecule has 0 radical (unpaired) electrons. The van der Waals surface area contributed by atoms with Crippen molar-refractivity contribution in [2.75, 3.05) is 26.2 Å². The predicted octanol–water partition coefficient (Wildman–Crippen LogP) is 0.0905. The molecule has 4 heteroatoms. The smallest absolute Gasteiger partial charge is 0.242 e. The van der Waals surface area contributed by atoms with Gasteiger partial charge in [0.1, 0.15) is 0 Å². The number of amides is 2. The number of hydrogen-bond acceptors (Lipinski definition) is 2. The van der Waals surface area contributed by atoms with Crippen LogP contribution < -0.4 is 0 Å². The first kappa shape index (κ1) is 11.6. The van der Waals surface area contributed by atoms with Crippen molar-refractivity contribution in [2.45, 2.75) is 19.8 Å². The summed E-state index contributed by atoms with van der Waals surface area (Å²) < 4.78 is 0. The van der Waals surface area contributed by atoms with E-state index in [0.29, 0.717) is 19.5 Å². The molecule has 1 saturated heterocycles. The molecule has 1 rings (SSSR count). The minimum absolute atomic E-state index is 0.0217. The van der Waals surface area contributed by atoms with Gasteiger partial charge in [-0.3, -0.25) is 9.59 Å². The Hall–Kier alpha value is -1.50. The highest BCUT2D eigenvalue weighted by Crippen LogP contribution is 2.05. The van der Waals surface area contributed by atoms with Crippen LogP contribution in [0.2, 0.25) is 0 Å². The standard InChI is InChI=1S/C11H16N2O2/c1-3-5-6-7-13-9-10(14)12(4-2)8-11(13)15/h1H,4-9H2,2H3. The molecule has 0 aliphatic carbocycles. The van der Waals surface area contributed by atoms with Gasteiger partial charge in [-0.05, 0) is 13.3 Å². The van der Waals surface area contributed by atoms with Crippen molar-refractivity contribution in [2.24, 2.45) is 0 Å². The molecule has 0 atom stereocenters. The number of hydrogen-bond donors (Lipinski definition) is 0. The number of carbonyl (C=O) groups is 2. The van der Waals surface area contributed by atoms with Crippen molar-refractivity contribution in [1.29, 1.82) is 0 Å². The van der Waals surface area contributed by atoms with Gasteiger partial charge in [-0.1, -0.05) is 0 Å². The Kier molecular flexibility index (Phi) is 4.17. The SMILES string of the molecule is C#CCCCN1CC(=O)N(CC)CC1=O. The molecule has 0 unspecified atom stereocenters. The fraction of sp³-hybridized carbons (Fsp3) is 0.636. The summed E-state index contributed by atoms with van der Waals surface area (Å²) in [5, 5.41) is 0. The summed E-state index contributed by atoms with van der Waals surface area (Å²) in [6.07, 6.45) is 6.53. The lowest BCUT2D eigenvalue weighted by molar-refractivity contribution is -0.149. The molecule has 0 N–H and O–H groups in total. The molecule has 0 spiro atoms. The van der Waals surface area contributed by atoms with Gasteiger partial charge in [0.05, 0.1) is 13.1 Å². The van der Waals surface area contributed by atoms with Crippen molar-refractivity contribution in [1.82, 2.24) is 9.80 Å². The van der Waals surface area contributed by atoms with E-state index in [1.165, 1.54) is 0 Å². The Balaban J connectivity index is 2.45. The Labute approximate surface area is 90.2 Å². The molecule has 1 aliphatic rings. The quantitative estimate of drug-likeness (QED) is 0.485. The molecule has 2 amide bonds. The number of nitrogens with zero attached hydrogens (tertiary/aromatic N) is 2. The van der Waals surface area contributed by atoms with Crippen molar-refractivity contribution in [3.05, 3.63) is 0 Å². The fourth-order valence-corrected chi connectivity index (χ4v) is 1.57. The van der Waals surface area contributed by atoms with Crippen LogP contribution in [0.3, 0.4) is 0 Å². The lowest BCUT2D eigenvalue weighted by Gasteiger charge is -2.33. The molecule has 1 heterocycles. The van der Waals surface area contributed by atoms with Crippen molar-refractivity contribution in [3.63, 3.8) is 0 Å². The monoisotopic (exact) mass is 208 g/mol. The van der Waals surface area contributed by atoms with E-state index in [-0.39, 0.29) is 24.9 Å². The first-order valence-corrected chi connectivity index (χ1v) is 5.18. The van der Waals surface area contributed by atoms with Crippen LogP contribution >= 0.6 is 0 Å². The molecule has 0 aromatic carbocycles. The number of carbonyl (C=O) groups excluding carboxylic acids is 2. The minimum Gasteiger partial charge on any atom is -0.332 e. The third-order valence-electron chi connectivity index (χ3n) is 2.49. The zero-order chi connectivity index (χ0) is 11.3. The Morgan fingerprint density at radius 1 is 1.27 bits per heavy atom. The van der Waals surface area contributed by atoms with Gasteiger partial charge in [-0.2, -0.15) is 0 Å². The predicted molar refractivity (Wildman–Crippen MR) is 56.9 cm³/mol. The molecule has 0 aromatic rings. The van der Waals surface area contributed by atoms with Crippen LogP contribution in [0.1, 0.15) is 19.8 Å². The second-order valence-electron chi connectivity index (χ2n) is 3.53. The molecular weight excluding hydrogens is 192 g/mol. The van der Waals surface area contributed by atoms with Crippen LogP contribution in [-0.4, -0.2) is 47.8 Å². The molecule has 1 fully saturated rings. The average Bonchev–Trinajstić information content (AvgIpc) is 2.23. The molecule has 15 heavy (non-hydrogen) atoms. The van der Waals surface area contributed by atoms with Crippen molar-refractivity contribution < 1.29 is 9.59 Å². The Bertz CT molecular complexity index is 293. The second kappa shape index (κ2) is 5.40. The highest BCUT2D eigenvalue weighted by atomic mass is 16.2. The fourth-order valence-electron chi connectivity index (χ4n) is 1.57.